The van der Waals surface area contributed by atoms with E-state index < -0.39 is 0 Å². The standard InChI is InChI=1S/C14H16ClNO2/c15-12-4-1-3-11(9-12)6-7-14(18)16-8-2-5-13(17)10-16/h1,3-4,6-7,9,13,17H,2,5,8,10H2/b7-6+/t13-/m0/s1. The van der Waals surface area contributed by atoms with Gasteiger partial charge in [0.1, 0.15) is 0 Å². The maximum absolute atomic E-state index is 11.9. The molecule has 0 aromatic heterocycles. The van der Waals surface area contributed by atoms with Crippen LogP contribution in [0, 0.1) is 0 Å². The monoisotopic (exact) mass is 265 g/mol. The maximum Gasteiger partial charge on any atom is 0.246 e. The maximum atomic E-state index is 11.9. The molecular formula is C14H16ClNO2. The Morgan fingerprint density at radius 1 is 1.50 bits per heavy atom. The number of nitrogens with zero attached hydrogens (tertiary/aromatic N) is 1. The van der Waals surface area contributed by atoms with E-state index in [-0.39, 0.29) is 12.0 Å². The van der Waals surface area contributed by atoms with Crippen molar-refractivity contribution in [1.82, 2.24) is 4.90 Å². The van der Waals surface area contributed by atoms with Crippen LogP contribution in [-0.2, 0) is 4.79 Å². The van der Waals surface area contributed by atoms with Gasteiger partial charge in [-0.1, -0.05) is 23.7 Å². The highest BCUT2D eigenvalue weighted by Gasteiger charge is 2.20. The van der Waals surface area contributed by atoms with Crippen molar-refractivity contribution in [1.29, 1.82) is 0 Å². The third-order valence-corrected chi connectivity index (χ3v) is 3.21. The summed E-state index contributed by atoms with van der Waals surface area (Å²) >= 11 is 5.87. The molecule has 1 aliphatic rings. The fraction of sp³-hybridized carbons (Fsp3) is 0.357. The fourth-order valence-electron chi connectivity index (χ4n) is 2.04. The Morgan fingerprint density at radius 3 is 3.06 bits per heavy atom. The van der Waals surface area contributed by atoms with Crippen LogP contribution in [0.25, 0.3) is 6.08 Å². The molecule has 0 radical (unpaired) electrons. The predicted octanol–water partition coefficient (Wildman–Crippen LogP) is 2.34. The van der Waals surface area contributed by atoms with Gasteiger partial charge < -0.3 is 10.0 Å². The Kier molecular flexibility index (Phi) is 4.39. The highest BCUT2D eigenvalue weighted by Crippen LogP contribution is 2.13. The number of likely N-dealkylation sites (tertiary alicyclic amines) is 1. The van der Waals surface area contributed by atoms with Crippen molar-refractivity contribution in [3.63, 3.8) is 0 Å². The first kappa shape index (κ1) is 13.1. The summed E-state index contributed by atoms with van der Waals surface area (Å²) in [5.41, 5.74) is 0.897. The molecule has 1 aromatic rings. The number of hydrogen-bond acceptors (Lipinski definition) is 2. The zero-order valence-corrected chi connectivity index (χ0v) is 10.8. The van der Waals surface area contributed by atoms with E-state index >= 15 is 0 Å². The number of carbonyl (C=O) groups excluding carboxylic acids is 1. The summed E-state index contributed by atoms with van der Waals surface area (Å²) in [5.74, 6) is -0.0614. The molecule has 1 fully saturated rings. The molecule has 0 spiro atoms. The third-order valence-electron chi connectivity index (χ3n) is 2.98. The van der Waals surface area contributed by atoms with Gasteiger partial charge in [0.15, 0.2) is 0 Å². The van der Waals surface area contributed by atoms with Gasteiger partial charge in [0.2, 0.25) is 5.91 Å². The number of hydrogen-bond donors (Lipinski definition) is 1. The number of β-amino-alcohol motifs (C(OH)–C–C–N with tert-alkyl or cyclic N) is 1. The zero-order chi connectivity index (χ0) is 13.0. The van der Waals surface area contributed by atoms with Crippen LogP contribution in [0.1, 0.15) is 18.4 Å². The van der Waals surface area contributed by atoms with Crippen LogP contribution in [-0.4, -0.2) is 35.1 Å². The Labute approximate surface area is 112 Å². The highest BCUT2D eigenvalue weighted by atomic mass is 35.5. The predicted molar refractivity (Wildman–Crippen MR) is 72.3 cm³/mol. The van der Waals surface area contributed by atoms with Gasteiger partial charge >= 0.3 is 0 Å². The first-order chi connectivity index (χ1) is 8.65. The van der Waals surface area contributed by atoms with Gasteiger partial charge in [-0.2, -0.15) is 0 Å². The minimum Gasteiger partial charge on any atom is -0.391 e. The number of aliphatic hydroxyl groups is 1. The van der Waals surface area contributed by atoms with E-state index in [1.165, 1.54) is 6.08 Å². The number of benzene rings is 1. The van der Waals surface area contributed by atoms with Crippen LogP contribution in [0.3, 0.4) is 0 Å². The summed E-state index contributed by atoms with van der Waals surface area (Å²) in [6, 6.07) is 7.33. The molecule has 3 nitrogen and oxygen atoms in total. The van der Waals surface area contributed by atoms with Crippen molar-refractivity contribution in [3.05, 3.63) is 40.9 Å². The highest BCUT2D eigenvalue weighted by molar-refractivity contribution is 6.30. The van der Waals surface area contributed by atoms with E-state index in [2.05, 4.69) is 0 Å². The number of carbonyl (C=O) groups is 1. The fourth-order valence-corrected chi connectivity index (χ4v) is 2.24. The number of halogens is 1. The first-order valence-corrected chi connectivity index (χ1v) is 6.43. The molecule has 1 saturated heterocycles. The lowest BCUT2D eigenvalue weighted by atomic mass is 10.1. The number of aliphatic hydroxyl groups excluding tert-OH is 1. The molecule has 18 heavy (non-hydrogen) atoms. The van der Waals surface area contributed by atoms with E-state index in [9.17, 15) is 9.90 Å². The molecule has 1 heterocycles. The Hall–Kier alpha value is -1.32. The van der Waals surface area contributed by atoms with Crippen molar-refractivity contribution in [3.8, 4) is 0 Å². The Bertz CT molecular complexity index is 459. The normalized spacial score (nSPS) is 20.3. The van der Waals surface area contributed by atoms with Crippen LogP contribution < -0.4 is 0 Å². The van der Waals surface area contributed by atoms with E-state index in [1.807, 2.05) is 12.1 Å². The summed E-state index contributed by atoms with van der Waals surface area (Å²) in [6.45, 7) is 1.15. The average Bonchev–Trinajstić information content (AvgIpc) is 2.36. The van der Waals surface area contributed by atoms with Crippen molar-refractivity contribution in [2.24, 2.45) is 0 Å². The molecule has 1 N–H and O–H groups in total. The van der Waals surface area contributed by atoms with Crippen molar-refractivity contribution in [2.45, 2.75) is 18.9 Å². The van der Waals surface area contributed by atoms with Crippen LogP contribution in [0.4, 0.5) is 0 Å². The van der Waals surface area contributed by atoms with Gasteiger partial charge in [-0.05, 0) is 36.6 Å². The van der Waals surface area contributed by atoms with Gasteiger partial charge in [-0.15, -0.1) is 0 Å². The lowest BCUT2D eigenvalue weighted by Gasteiger charge is -2.29. The molecule has 1 amide bonds. The smallest absolute Gasteiger partial charge is 0.246 e. The van der Waals surface area contributed by atoms with Crippen molar-refractivity contribution >= 4 is 23.6 Å². The van der Waals surface area contributed by atoms with E-state index in [4.69, 9.17) is 11.6 Å². The minimum atomic E-state index is -0.387. The summed E-state index contributed by atoms with van der Waals surface area (Å²) in [5, 5.41) is 10.2. The SMILES string of the molecule is O=C(/C=C/c1cccc(Cl)c1)N1CCC[C@H](O)C1. The molecule has 1 atom stereocenters. The topological polar surface area (TPSA) is 40.5 Å². The van der Waals surface area contributed by atoms with Crippen molar-refractivity contribution < 1.29 is 9.90 Å². The molecular weight excluding hydrogens is 250 g/mol. The molecule has 0 saturated carbocycles. The molecule has 96 valence electrons. The number of rotatable bonds is 2. The van der Waals surface area contributed by atoms with E-state index in [0.29, 0.717) is 11.6 Å². The van der Waals surface area contributed by atoms with Crippen LogP contribution >= 0.6 is 11.6 Å². The minimum absolute atomic E-state index is 0.0614. The lowest BCUT2D eigenvalue weighted by molar-refractivity contribution is -0.128. The second kappa shape index (κ2) is 6.03. The number of piperidine rings is 1. The summed E-state index contributed by atoms with van der Waals surface area (Å²) in [6.07, 6.45) is 4.53. The number of amides is 1. The second-order valence-corrected chi connectivity index (χ2v) is 4.91. The molecule has 1 aliphatic heterocycles. The van der Waals surface area contributed by atoms with Crippen LogP contribution in [0.15, 0.2) is 30.3 Å². The Balaban J connectivity index is 1.98. The zero-order valence-electron chi connectivity index (χ0n) is 10.1. The summed E-state index contributed by atoms with van der Waals surface area (Å²) < 4.78 is 0. The summed E-state index contributed by atoms with van der Waals surface area (Å²) in [4.78, 5) is 13.6. The summed E-state index contributed by atoms with van der Waals surface area (Å²) in [7, 11) is 0. The molecule has 2 rings (SSSR count). The van der Waals surface area contributed by atoms with Gasteiger partial charge in [0.25, 0.3) is 0 Å². The quantitative estimate of drug-likeness (QED) is 0.834. The third kappa shape index (κ3) is 3.59. The molecule has 0 unspecified atom stereocenters. The van der Waals surface area contributed by atoms with Crippen LogP contribution in [0.2, 0.25) is 5.02 Å². The molecule has 4 heteroatoms. The molecule has 1 aromatic carbocycles. The van der Waals surface area contributed by atoms with Gasteiger partial charge in [-0.3, -0.25) is 4.79 Å². The second-order valence-electron chi connectivity index (χ2n) is 4.47. The molecule has 0 bridgehead atoms. The van der Waals surface area contributed by atoms with Gasteiger partial charge in [0, 0.05) is 24.2 Å². The average molecular weight is 266 g/mol. The van der Waals surface area contributed by atoms with Crippen molar-refractivity contribution in [2.75, 3.05) is 13.1 Å². The Morgan fingerprint density at radius 2 is 2.33 bits per heavy atom. The molecule has 0 aliphatic carbocycles. The van der Waals surface area contributed by atoms with E-state index in [0.717, 1.165) is 24.9 Å². The van der Waals surface area contributed by atoms with E-state index in [1.54, 1.807) is 23.1 Å². The van der Waals surface area contributed by atoms with Gasteiger partial charge in [-0.25, -0.2) is 0 Å². The van der Waals surface area contributed by atoms with Gasteiger partial charge in [0.05, 0.1) is 6.10 Å². The van der Waals surface area contributed by atoms with Crippen LogP contribution in [0.5, 0.6) is 0 Å². The first-order valence-electron chi connectivity index (χ1n) is 6.06. The largest absolute Gasteiger partial charge is 0.391 e. The lowest BCUT2D eigenvalue weighted by Crippen LogP contribution is -2.41.